The van der Waals surface area contributed by atoms with E-state index in [9.17, 15) is 0 Å². The number of hydrogen-bond donors (Lipinski definition) is 2. The largest absolute Gasteiger partial charge is 0.393 e. The maximum absolute atomic E-state index is 9.03. The lowest BCUT2D eigenvalue weighted by atomic mass is 10.2. The van der Waals surface area contributed by atoms with Crippen molar-refractivity contribution in [2.75, 3.05) is 11.9 Å². The standard InChI is InChI=1S/C9H12ClN3OS/c1-6(14)3-2-4-12-9-13-8(10)7(5-11)15-9/h6,14H,2-4H2,1H3,(H,12,13). The maximum Gasteiger partial charge on any atom is 0.185 e. The van der Waals surface area contributed by atoms with Crippen LogP contribution in [-0.2, 0) is 0 Å². The van der Waals surface area contributed by atoms with Gasteiger partial charge in [-0.25, -0.2) is 4.98 Å². The molecular weight excluding hydrogens is 234 g/mol. The third kappa shape index (κ3) is 4.04. The molecule has 1 aromatic rings. The van der Waals surface area contributed by atoms with Gasteiger partial charge >= 0.3 is 0 Å². The van der Waals surface area contributed by atoms with Gasteiger partial charge in [-0.1, -0.05) is 22.9 Å². The summed E-state index contributed by atoms with van der Waals surface area (Å²) in [7, 11) is 0. The predicted molar refractivity (Wildman–Crippen MR) is 61.2 cm³/mol. The molecule has 0 aromatic carbocycles. The molecule has 1 rings (SSSR count). The quantitative estimate of drug-likeness (QED) is 0.781. The lowest BCUT2D eigenvalue weighted by molar-refractivity contribution is 0.183. The number of anilines is 1. The molecule has 1 atom stereocenters. The molecule has 2 N–H and O–H groups in total. The van der Waals surface area contributed by atoms with E-state index < -0.39 is 0 Å². The van der Waals surface area contributed by atoms with Gasteiger partial charge in [-0.05, 0) is 19.8 Å². The van der Waals surface area contributed by atoms with Crippen molar-refractivity contribution in [3.63, 3.8) is 0 Å². The van der Waals surface area contributed by atoms with E-state index in [4.69, 9.17) is 22.0 Å². The number of rotatable bonds is 5. The fraction of sp³-hybridized carbons (Fsp3) is 0.556. The Labute approximate surface area is 97.5 Å². The number of aliphatic hydroxyl groups excluding tert-OH is 1. The zero-order valence-corrected chi connectivity index (χ0v) is 9.90. The van der Waals surface area contributed by atoms with Crippen LogP contribution in [0.3, 0.4) is 0 Å². The molecule has 82 valence electrons. The Bertz CT molecular complexity index is 359. The molecule has 0 saturated heterocycles. The zero-order chi connectivity index (χ0) is 11.3. The first-order valence-corrected chi connectivity index (χ1v) is 5.81. The molecule has 0 radical (unpaired) electrons. The molecule has 4 nitrogen and oxygen atoms in total. The van der Waals surface area contributed by atoms with Crippen LogP contribution in [0, 0.1) is 11.3 Å². The summed E-state index contributed by atoms with van der Waals surface area (Å²) >= 11 is 6.95. The van der Waals surface area contributed by atoms with Gasteiger partial charge in [0.05, 0.1) is 6.10 Å². The highest BCUT2D eigenvalue weighted by Gasteiger charge is 2.07. The van der Waals surface area contributed by atoms with E-state index in [1.807, 2.05) is 6.07 Å². The van der Waals surface area contributed by atoms with E-state index in [1.165, 1.54) is 11.3 Å². The van der Waals surface area contributed by atoms with Crippen molar-refractivity contribution in [3.8, 4) is 6.07 Å². The minimum atomic E-state index is -0.277. The third-order valence-electron chi connectivity index (χ3n) is 1.76. The van der Waals surface area contributed by atoms with Crippen molar-refractivity contribution < 1.29 is 5.11 Å². The number of nitriles is 1. The molecule has 1 aromatic heterocycles. The maximum atomic E-state index is 9.03. The van der Waals surface area contributed by atoms with Crippen molar-refractivity contribution in [3.05, 3.63) is 10.0 Å². The molecule has 0 saturated carbocycles. The van der Waals surface area contributed by atoms with E-state index in [2.05, 4.69) is 10.3 Å². The summed E-state index contributed by atoms with van der Waals surface area (Å²) in [6.07, 6.45) is 1.33. The molecule has 15 heavy (non-hydrogen) atoms. The molecule has 0 bridgehead atoms. The molecule has 0 fully saturated rings. The van der Waals surface area contributed by atoms with Crippen LogP contribution < -0.4 is 5.32 Å². The first kappa shape index (κ1) is 12.2. The van der Waals surface area contributed by atoms with Crippen LogP contribution in [0.25, 0.3) is 0 Å². The molecule has 0 amide bonds. The second kappa shape index (κ2) is 5.91. The topological polar surface area (TPSA) is 68.9 Å². The predicted octanol–water partition coefficient (Wildman–Crippen LogP) is 2.24. The summed E-state index contributed by atoms with van der Waals surface area (Å²) in [5, 5.41) is 21.6. The Morgan fingerprint density at radius 3 is 3.00 bits per heavy atom. The summed E-state index contributed by atoms with van der Waals surface area (Å²) in [5.74, 6) is 0. The summed E-state index contributed by atoms with van der Waals surface area (Å²) in [5.41, 5.74) is 0. The zero-order valence-electron chi connectivity index (χ0n) is 8.33. The SMILES string of the molecule is CC(O)CCCNc1nc(Cl)c(C#N)s1. The van der Waals surface area contributed by atoms with Crippen molar-refractivity contribution in [2.24, 2.45) is 0 Å². The summed E-state index contributed by atoms with van der Waals surface area (Å²) in [4.78, 5) is 4.41. The minimum absolute atomic E-state index is 0.250. The fourth-order valence-corrected chi connectivity index (χ4v) is 2.01. The van der Waals surface area contributed by atoms with E-state index >= 15 is 0 Å². The van der Waals surface area contributed by atoms with Crippen LogP contribution >= 0.6 is 22.9 Å². The van der Waals surface area contributed by atoms with Crippen LogP contribution in [0.2, 0.25) is 5.15 Å². The van der Waals surface area contributed by atoms with Crippen molar-refractivity contribution in [1.29, 1.82) is 5.26 Å². The Morgan fingerprint density at radius 1 is 1.73 bits per heavy atom. The second-order valence-electron chi connectivity index (χ2n) is 3.17. The van der Waals surface area contributed by atoms with Crippen molar-refractivity contribution in [1.82, 2.24) is 4.98 Å². The summed E-state index contributed by atoms with van der Waals surface area (Å²) in [6, 6.07) is 1.97. The summed E-state index contributed by atoms with van der Waals surface area (Å²) in [6.45, 7) is 2.48. The fourth-order valence-electron chi connectivity index (χ4n) is 1.04. The van der Waals surface area contributed by atoms with Crippen molar-refractivity contribution >= 4 is 28.1 Å². The molecule has 1 unspecified atom stereocenters. The number of hydrogen-bond acceptors (Lipinski definition) is 5. The van der Waals surface area contributed by atoms with Gasteiger partial charge in [0.25, 0.3) is 0 Å². The van der Waals surface area contributed by atoms with Crippen LogP contribution in [0.1, 0.15) is 24.6 Å². The van der Waals surface area contributed by atoms with E-state index in [0.717, 1.165) is 19.4 Å². The highest BCUT2D eigenvalue weighted by Crippen LogP contribution is 2.25. The molecule has 0 aliphatic heterocycles. The molecule has 0 aliphatic carbocycles. The molecule has 0 aliphatic rings. The Morgan fingerprint density at radius 2 is 2.47 bits per heavy atom. The second-order valence-corrected chi connectivity index (χ2v) is 4.53. The van der Waals surface area contributed by atoms with Gasteiger partial charge < -0.3 is 10.4 Å². The number of aromatic nitrogens is 1. The lowest BCUT2D eigenvalue weighted by Crippen LogP contribution is -2.06. The third-order valence-corrected chi connectivity index (χ3v) is 3.07. The first-order valence-electron chi connectivity index (χ1n) is 4.62. The smallest absolute Gasteiger partial charge is 0.185 e. The Kier molecular flexibility index (Phi) is 4.82. The first-order chi connectivity index (χ1) is 7.13. The summed E-state index contributed by atoms with van der Waals surface area (Å²) < 4.78 is 0. The minimum Gasteiger partial charge on any atom is -0.393 e. The average molecular weight is 246 g/mol. The number of thiazole rings is 1. The monoisotopic (exact) mass is 245 g/mol. The van der Waals surface area contributed by atoms with Crippen LogP contribution in [0.15, 0.2) is 0 Å². The molecule has 0 spiro atoms. The average Bonchev–Trinajstić information content (AvgIpc) is 2.53. The Balaban J connectivity index is 2.35. The number of nitrogens with zero attached hydrogens (tertiary/aromatic N) is 2. The van der Waals surface area contributed by atoms with Crippen LogP contribution in [0.4, 0.5) is 5.13 Å². The van der Waals surface area contributed by atoms with Gasteiger partial charge in [0, 0.05) is 6.54 Å². The van der Waals surface area contributed by atoms with Crippen LogP contribution in [-0.4, -0.2) is 22.7 Å². The van der Waals surface area contributed by atoms with Crippen molar-refractivity contribution in [2.45, 2.75) is 25.9 Å². The van der Waals surface area contributed by atoms with E-state index in [1.54, 1.807) is 6.92 Å². The van der Waals surface area contributed by atoms with E-state index in [-0.39, 0.29) is 11.3 Å². The highest BCUT2D eigenvalue weighted by atomic mass is 35.5. The van der Waals surface area contributed by atoms with E-state index in [0.29, 0.717) is 10.0 Å². The van der Waals surface area contributed by atoms with Gasteiger partial charge in [-0.15, -0.1) is 0 Å². The number of nitrogens with one attached hydrogen (secondary N) is 1. The lowest BCUT2D eigenvalue weighted by Gasteiger charge is -2.03. The van der Waals surface area contributed by atoms with Gasteiger partial charge in [0.1, 0.15) is 10.9 Å². The van der Waals surface area contributed by atoms with Gasteiger partial charge in [0.2, 0.25) is 0 Å². The van der Waals surface area contributed by atoms with Gasteiger partial charge in [-0.2, -0.15) is 5.26 Å². The van der Waals surface area contributed by atoms with Gasteiger partial charge in [0.15, 0.2) is 10.3 Å². The van der Waals surface area contributed by atoms with Crippen LogP contribution in [0.5, 0.6) is 0 Å². The normalized spacial score (nSPS) is 12.1. The molecular formula is C9H12ClN3OS. The molecule has 6 heteroatoms. The number of halogens is 1. The van der Waals surface area contributed by atoms with Gasteiger partial charge in [-0.3, -0.25) is 0 Å². The highest BCUT2D eigenvalue weighted by molar-refractivity contribution is 7.16. The molecule has 1 heterocycles. The Hall–Kier alpha value is -0.830. The number of aliphatic hydroxyl groups is 1.